The van der Waals surface area contributed by atoms with Gasteiger partial charge in [-0.05, 0) is 53.9 Å². The number of benzene rings is 1. The van der Waals surface area contributed by atoms with Gasteiger partial charge < -0.3 is 9.64 Å². The van der Waals surface area contributed by atoms with E-state index in [9.17, 15) is 13.2 Å². The zero-order valence-electron chi connectivity index (χ0n) is 12.9. The minimum atomic E-state index is -3.01. The summed E-state index contributed by atoms with van der Waals surface area (Å²) in [6.45, 7) is 3.64. The summed E-state index contributed by atoms with van der Waals surface area (Å²) >= 11 is 3.41. The van der Waals surface area contributed by atoms with Crippen LogP contribution in [0.1, 0.15) is 18.9 Å². The predicted octanol–water partition coefficient (Wildman–Crippen LogP) is 2.17. The van der Waals surface area contributed by atoms with Crippen LogP contribution in [0.25, 0.3) is 0 Å². The van der Waals surface area contributed by atoms with Crippen molar-refractivity contribution in [3.05, 3.63) is 28.2 Å². The van der Waals surface area contributed by atoms with Crippen molar-refractivity contribution in [1.29, 1.82) is 0 Å². The first-order valence-corrected chi connectivity index (χ1v) is 9.71. The molecule has 1 heterocycles. The fourth-order valence-electron chi connectivity index (χ4n) is 2.49. The van der Waals surface area contributed by atoms with Crippen molar-refractivity contribution in [2.75, 3.05) is 18.6 Å². The molecular formula is C15H20BrNO4S. The van der Waals surface area contributed by atoms with Crippen LogP contribution in [0.3, 0.4) is 0 Å². The number of halogens is 1. The van der Waals surface area contributed by atoms with Gasteiger partial charge in [-0.15, -0.1) is 0 Å². The molecule has 1 aromatic carbocycles. The maximum absolute atomic E-state index is 12.4. The summed E-state index contributed by atoms with van der Waals surface area (Å²) in [4.78, 5) is 13.9. The summed E-state index contributed by atoms with van der Waals surface area (Å²) in [6, 6.07) is 5.37. The van der Waals surface area contributed by atoms with Crippen LogP contribution < -0.4 is 4.74 Å². The monoisotopic (exact) mass is 389 g/mol. The number of nitrogens with zero attached hydrogens (tertiary/aromatic N) is 1. The summed E-state index contributed by atoms with van der Waals surface area (Å²) in [5.41, 5.74) is 1.09. The quantitative estimate of drug-likeness (QED) is 0.791. The van der Waals surface area contributed by atoms with Crippen LogP contribution in [-0.2, 0) is 14.6 Å². The Bertz CT molecular complexity index is 674. The number of likely N-dealkylation sites (N-methyl/N-ethyl adjacent to an activating group) is 1. The van der Waals surface area contributed by atoms with Crippen molar-refractivity contribution in [3.63, 3.8) is 0 Å². The van der Waals surface area contributed by atoms with Crippen LogP contribution in [0.2, 0.25) is 0 Å². The number of carbonyl (C=O) groups is 1. The average molecular weight is 390 g/mol. The molecule has 1 aliphatic heterocycles. The third-order valence-electron chi connectivity index (χ3n) is 3.84. The molecule has 2 atom stereocenters. The lowest BCUT2D eigenvalue weighted by Gasteiger charge is -2.27. The number of ether oxygens (including phenoxy) is 1. The Morgan fingerprint density at radius 1 is 1.45 bits per heavy atom. The highest BCUT2D eigenvalue weighted by Crippen LogP contribution is 2.27. The minimum Gasteiger partial charge on any atom is -0.480 e. The molecule has 0 unspecified atom stereocenters. The van der Waals surface area contributed by atoms with Gasteiger partial charge in [-0.1, -0.05) is 6.07 Å². The first-order valence-electron chi connectivity index (χ1n) is 7.09. The van der Waals surface area contributed by atoms with Crippen molar-refractivity contribution in [2.24, 2.45) is 0 Å². The number of aryl methyl sites for hydroxylation is 1. The molecule has 22 heavy (non-hydrogen) atoms. The van der Waals surface area contributed by atoms with Gasteiger partial charge in [0.15, 0.2) is 15.9 Å². The Hall–Kier alpha value is -1.08. The summed E-state index contributed by atoms with van der Waals surface area (Å²) < 4.78 is 29.6. The molecule has 0 saturated carbocycles. The Kier molecular flexibility index (Phi) is 5.17. The van der Waals surface area contributed by atoms with Crippen LogP contribution in [0.15, 0.2) is 22.7 Å². The maximum atomic E-state index is 12.4. The predicted molar refractivity (Wildman–Crippen MR) is 88.8 cm³/mol. The topological polar surface area (TPSA) is 63.7 Å². The van der Waals surface area contributed by atoms with Crippen LogP contribution in [0.4, 0.5) is 0 Å². The van der Waals surface area contributed by atoms with E-state index in [1.807, 2.05) is 25.1 Å². The molecule has 1 amide bonds. The third-order valence-corrected chi connectivity index (χ3v) is 6.21. The molecule has 0 aromatic heterocycles. The van der Waals surface area contributed by atoms with E-state index >= 15 is 0 Å². The van der Waals surface area contributed by atoms with E-state index in [-0.39, 0.29) is 23.5 Å². The summed E-state index contributed by atoms with van der Waals surface area (Å²) in [6.07, 6.45) is -0.182. The number of hydrogen-bond acceptors (Lipinski definition) is 4. The van der Waals surface area contributed by atoms with Crippen molar-refractivity contribution in [2.45, 2.75) is 32.4 Å². The number of amides is 1. The highest BCUT2D eigenvalue weighted by atomic mass is 79.9. The van der Waals surface area contributed by atoms with Crippen molar-refractivity contribution in [1.82, 2.24) is 4.90 Å². The maximum Gasteiger partial charge on any atom is 0.263 e. The van der Waals surface area contributed by atoms with Crippen molar-refractivity contribution < 1.29 is 17.9 Å². The Morgan fingerprint density at radius 3 is 2.68 bits per heavy atom. The Balaban J connectivity index is 2.02. The highest BCUT2D eigenvalue weighted by Gasteiger charge is 2.34. The molecular weight excluding hydrogens is 370 g/mol. The van der Waals surface area contributed by atoms with Gasteiger partial charge in [-0.3, -0.25) is 4.79 Å². The van der Waals surface area contributed by atoms with Gasteiger partial charge >= 0.3 is 0 Å². The highest BCUT2D eigenvalue weighted by molar-refractivity contribution is 9.10. The zero-order chi connectivity index (χ0) is 16.5. The molecule has 0 N–H and O–H groups in total. The molecule has 0 spiro atoms. The zero-order valence-corrected chi connectivity index (χ0v) is 15.3. The molecule has 122 valence electrons. The SMILES string of the molecule is Cc1ccc(O[C@H](C)C(=O)N(C)[C@H]2CCS(=O)(=O)C2)c(Br)c1. The molecule has 7 heteroatoms. The van der Waals surface area contributed by atoms with E-state index in [0.717, 1.165) is 10.0 Å². The largest absolute Gasteiger partial charge is 0.480 e. The summed E-state index contributed by atoms with van der Waals surface area (Å²) in [5, 5.41) is 0. The van der Waals surface area contributed by atoms with Gasteiger partial charge in [0.2, 0.25) is 0 Å². The third kappa shape index (κ3) is 4.01. The van der Waals surface area contributed by atoms with Crippen LogP contribution in [0, 0.1) is 6.92 Å². The lowest BCUT2D eigenvalue weighted by atomic mass is 10.2. The molecule has 0 aliphatic carbocycles. The Labute approximate surface area is 139 Å². The van der Waals surface area contributed by atoms with Gasteiger partial charge in [0.05, 0.1) is 16.0 Å². The van der Waals surface area contributed by atoms with Crippen molar-refractivity contribution >= 4 is 31.7 Å². The molecule has 1 aromatic rings. The second-order valence-corrected chi connectivity index (χ2v) is 8.78. The van der Waals surface area contributed by atoms with E-state index < -0.39 is 15.9 Å². The first kappa shape index (κ1) is 17.3. The van der Waals surface area contributed by atoms with E-state index in [0.29, 0.717) is 12.2 Å². The normalized spacial score (nSPS) is 21.4. The van der Waals surface area contributed by atoms with E-state index in [1.165, 1.54) is 4.90 Å². The average Bonchev–Trinajstić information content (AvgIpc) is 2.80. The van der Waals surface area contributed by atoms with Crippen molar-refractivity contribution in [3.8, 4) is 5.75 Å². The molecule has 0 bridgehead atoms. The molecule has 1 fully saturated rings. The van der Waals surface area contributed by atoms with E-state index in [1.54, 1.807) is 14.0 Å². The summed E-state index contributed by atoms with van der Waals surface area (Å²) in [5.74, 6) is 0.568. The van der Waals surface area contributed by atoms with Crippen LogP contribution in [0.5, 0.6) is 5.75 Å². The minimum absolute atomic E-state index is 0.0379. The number of hydrogen-bond donors (Lipinski definition) is 0. The summed E-state index contributed by atoms with van der Waals surface area (Å²) in [7, 11) is -1.38. The van der Waals surface area contributed by atoms with Gasteiger partial charge in [0, 0.05) is 13.1 Å². The van der Waals surface area contributed by atoms with E-state index in [4.69, 9.17) is 4.74 Å². The lowest BCUT2D eigenvalue weighted by molar-refractivity contribution is -0.138. The van der Waals surface area contributed by atoms with Crippen LogP contribution >= 0.6 is 15.9 Å². The number of rotatable bonds is 4. The van der Waals surface area contributed by atoms with Crippen LogP contribution in [-0.4, -0.2) is 49.9 Å². The van der Waals surface area contributed by atoms with Gasteiger partial charge in [-0.2, -0.15) is 0 Å². The fraction of sp³-hybridized carbons (Fsp3) is 0.533. The molecule has 1 aliphatic rings. The molecule has 2 rings (SSSR count). The Morgan fingerprint density at radius 2 is 2.14 bits per heavy atom. The van der Waals surface area contributed by atoms with Gasteiger partial charge in [0.25, 0.3) is 5.91 Å². The van der Waals surface area contributed by atoms with E-state index in [2.05, 4.69) is 15.9 Å². The fourth-order valence-corrected chi connectivity index (χ4v) is 4.85. The van der Waals surface area contributed by atoms with Gasteiger partial charge in [0.1, 0.15) is 5.75 Å². The smallest absolute Gasteiger partial charge is 0.263 e. The second-order valence-electron chi connectivity index (χ2n) is 5.70. The second kappa shape index (κ2) is 6.58. The lowest BCUT2D eigenvalue weighted by Crippen LogP contribution is -2.44. The first-order chi connectivity index (χ1) is 10.2. The molecule has 0 radical (unpaired) electrons. The molecule has 5 nitrogen and oxygen atoms in total. The molecule has 1 saturated heterocycles. The van der Waals surface area contributed by atoms with Gasteiger partial charge in [-0.25, -0.2) is 8.42 Å². The number of carbonyl (C=O) groups excluding carboxylic acids is 1. The number of sulfone groups is 1. The standard InChI is InChI=1S/C15H20BrNO4S/c1-10-4-5-14(13(16)8-10)21-11(2)15(18)17(3)12-6-7-22(19,20)9-12/h4-5,8,11-12H,6-7,9H2,1-3H3/t11-,12+/m1/s1.